The van der Waals surface area contributed by atoms with Gasteiger partial charge in [-0.2, -0.15) is 0 Å². The second-order valence-electron chi connectivity index (χ2n) is 14.8. The van der Waals surface area contributed by atoms with Crippen LogP contribution >= 0.6 is 0 Å². The number of nitrogens with zero attached hydrogens (tertiary/aromatic N) is 2. The highest BCUT2D eigenvalue weighted by Crippen LogP contribution is 2.51. The highest BCUT2D eigenvalue weighted by Gasteiger charge is 2.36. The van der Waals surface area contributed by atoms with E-state index < -0.39 is 0 Å². The lowest BCUT2D eigenvalue weighted by molar-refractivity contribution is 0.660. The summed E-state index contributed by atoms with van der Waals surface area (Å²) in [6, 6.07) is 64.4. The Balaban J connectivity index is 0.995. The molecule has 8 aromatic carbocycles. The summed E-state index contributed by atoms with van der Waals surface area (Å²) in [7, 11) is 0. The third-order valence-electron chi connectivity index (χ3n) is 11.3. The summed E-state index contributed by atoms with van der Waals surface area (Å²) in [6.45, 7) is 12.2. The Kier molecular flexibility index (Phi) is 7.54. The van der Waals surface area contributed by atoms with Crippen molar-refractivity contribution in [2.24, 2.45) is 0 Å². The number of rotatable bonds is 6. The van der Waals surface area contributed by atoms with Gasteiger partial charge >= 0.3 is 0 Å². The molecular formula is C52H36N2O. The van der Waals surface area contributed by atoms with Gasteiger partial charge < -0.3 is 9.32 Å². The molecule has 3 nitrogen and oxygen atoms in total. The van der Waals surface area contributed by atoms with Crippen molar-refractivity contribution < 1.29 is 4.42 Å². The number of furan rings is 1. The minimum atomic E-state index is -0.183. The van der Waals surface area contributed by atoms with Crippen LogP contribution in [-0.2, 0) is 5.41 Å². The number of hydrogen-bond acceptors (Lipinski definition) is 2. The van der Waals surface area contributed by atoms with Crippen molar-refractivity contribution in [1.82, 2.24) is 0 Å². The lowest BCUT2D eigenvalue weighted by Crippen LogP contribution is -2.16. The van der Waals surface area contributed by atoms with Gasteiger partial charge in [0.1, 0.15) is 11.2 Å². The largest absolute Gasteiger partial charge is 0.455 e. The maximum atomic E-state index is 7.54. The monoisotopic (exact) mass is 704 g/mol. The molecule has 0 saturated heterocycles. The zero-order valence-electron chi connectivity index (χ0n) is 30.6. The van der Waals surface area contributed by atoms with E-state index in [4.69, 9.17) is 11.0 Å². The van der Waals surface area contributed by atoms with E-state index in [0.717, 1.165) is 61.3 Å². The molecular weight excluding hydrogens is 669 g/mol. The fourth-order valence-corrected chi connectivity index (χ4v) is 8.42. The first-order chi connectivity index (χ1) is 27.0. The smallest absolute Gasteiger partial charge is 0.187 e. The quantitative estimate of drug-likeness (QED) is 0.161. The summed E-state index contributed by atoms with van der Waals surface area (Å²) in [5.41, 5.74) is 17.6. The number of anilines is 3. The molecule has 0 unspecified atom stereocenters. The van der Waals surface area contributed by atoms with Crippen molar-refractivity contribution in [1.29, 1.82) is 0 Å². The van der Waals surface area contributed by atoms with E-state index in [9.17, 15) is 0 Å². The molecule has 55 heavy (non-hydrogen) atoms. The Bertz CT molecular complexity index is 2930. The number of para-hydroxylation sites is 2. The summed E-state index contributed by atoms with van der Waals surface area (Å²) >= 11 is 0. The average molecular weight is 705 g/mol. The summed E-state index contributed by atoms with van der Waals surface area (Å²) < 4.78 is 6.33. The zero-order valence-corrected chi connectivity index (χ0v) is 30.6. The molecule has 0 N–H and O–H groups in total. The first-order valence-corrected chi connectivity index (χ1v) is 18.7. The Morgan fingerprint density at radius 1 is 0.455 bits per heavy atom. The van der Waals surface area contributed by atoms with Crippen molar-refractivity contribution >= 4 is 44.7 Å². The highest BCUT2D eigenvalue weighted by atomic mass is 16.3. The molecule has 9 aromatic rings. The molecule has 1 heterocycles. The van der Waals surface area contributed by atoms with E-state index in [2.05, 4.69) is 169 Å². The standard InChI is InChI=1S/C52H36N2O/c1-52(2)48-32-38(34-10-5-4-6-11-34)22-30-44(48)45-31-29-42(33-49(45)52)54(41-27-23-39(53-3)24-28-41)40-25-20-36(21-26-40)35-16-18-37(19-17-35)43-13-9-14-47-46-12-7-8-15-50(46)55-51(43)47/h4-33H,1-2H3. The van der Waals surface area contributed by atoms with Gasteiger partial charge in [-0.05, 0) is 98.6 Å². The van der Waals surface area contributed by atoms with Crippen molar-refractivity contribution in [2.45, 2.75) is 19.3 Å². The van der Waals surface area contributed by atoms with E-state index in [1.54, 1.807) is 0 Å². The van der Waals surface area contributed by atoms with Crippen molar-refractivity contribution in [3.63, 3.8) is 0 Å². The van der Waals surface area contributed by atoms with E-state index in [0.29, 0.717) is 5.69 Å². The Hall–Kier alpha value is -7.15. The third kappa shape index (κ3) is 5.42. The number of benzene rings is 8. The van der Waals surface area contributed by atoms with Crippen molar-refractivity contribution in [3.05, 3.63) is 205 Å². The molecule has 0 aliphatic heterocycles. The lowest BCUT2D eigenvalue weighted by Gasteiger charge is -2.28. The van der Waals surface area contributed by atoms with E-state index >= 15 is 0 Å². The van der Waals surface area contributed by atoms with E-state index in [-0.39, 0.29) is 5.41 Å². The SMILES string of the molecule is [C-]#[N+]c1ccc(N(c2ccc(-c3ccc(-c4cccc5c4oc4ccccc45)cc3)cc2)c2ccc3c(c2)C(C)(C)c2cc(-c4ccccc4)ccc2-3)cc1. The van der Waals surface area contributed by atoms with E-state index in [1.165, 1.54) is 33.4 Å². The first-order valence-electron chi connectivity index (χ1n) is 18.7. The molecule has 3 heteroatoms. The third-order valence-corrected chi connectivity index (χ3v) is 11.3. The molecule has 0 saturated carbocycles. The molecule has 1 aliphatic carbocycles. The molecule has 0 radical (unpaired) electrons. The molecule has 0 amide bonds. The van der Waals surface area contributed by atoms with Gasteiger partial charge in [0.2, 0.25) is 0 Å². The van der Waals surface area contributed by atoms with E-state index in [1.807, 2.05) is 36.4 Å². The lowest BCUT2D eigenvalue weighted by atomic mass is 9.81. The maximum Gasteiger partial charge on any atom is 0.187 e. The maximum absolute atomic E-state index is 7.54. The summed E-state index contributed by atoms with van der Waals surface area (Å²) in [4.78, 5) is 5.95. The van der Waals surface area contributed by atoms with Gasteiger partial charge in [-0.1, -0.05) is 147 Å². The van der Waals surface area contributed by atoms with Gasteiger partial charge in [0.15, 0.2) is 5.69 Å². The molecule has 0 spiro atoms. The minimum Gasteiger partial charge on any atom is -0.455 e. The average Bonchev–Trinajstić information content (AvgIpc) is 3.73. The van der Waals surface area contributed by atoms with Crippen molar-refractivity contribution in [3.8, 4) is 44.5 Å². The number of hydrogen-bond donors (Lipinski definition) is 0. The molecule has 1 aromatic heterocycles. The first kappa shape index (κ1) is 32.5. The van der Waals surface area contributed by atoms with Crippen LogP contribution in [0.2, 0.25) is 0 Å². The molecule has 10 rings (SSSR count). The van der Waals surface area contributed by atoms with Crippen LogP contribution in [0.3, 0.4) is 0 Å². The van der Waals surface area contributed by atoms with Crippen LogP contribution in [0, 0.1) is 6.57 Å². The second-order valence-corrected chi connectivity index (χ2v) is 14.8. The molecule has 0 fully saturated rings. The van der Waals surface area contributed by atoms with Crippen molar-refractivity contribution in [2.75, 3.05) is 4.90 Å². The molecule has 1 aliphatic rings. The van der Waals surface area contributed by atoms with Crippen LogP contribution in [-0.4, -0.2) is 0 Å². The van der Waals surface area contributed by atoms with Gasteiger partial charge in [0, 0.05) is 38.8 Å². The van der Waals surface area contributed by atoms with Gasteiger partial charge in [-0.3, -0.25) is 0 Å². The Labute approximate surface area is 321 Å². The molecule has 0 atom stereocenters. The predicted octanol–water partition coefficient (Wildman–Crippen LogP) is 14.9. The van der Waals surface area contributed by atoms with Crippen LogP contribution < -0.4 is 4.90 Å². The fourth-order valence-electron chi connectivity index (χ4n) is 8.42. The fraction of sp³-hybridized carbons (Fsp3) is 0.0577. The summed E-state index contributed by atoms with van der Waals surface area (Å²) in [5.74, 6) is 0. The number of fused-ring (bicyclic) bond motifs is 6. The van der Waals surface area contributed by atoms with Crippen LogP contribution in [0.4, 0.5) is 22.7 Å². The van der Waals surface area contributed by atoms with Gasteiger partial charge in [0.05, 0.1) is 6.57 Å². The van der Waals surface area contributed by atoms with Gasteiger partial charge in [0.25, 0.3) is 0 Å². The Morgan fingerprint density at radius 3 is 1.73 bits per heavy atom. The minimum absolute atomic E-state index is 0.183. The van der Waals surface area contributed by atoms with Crippen LogP contribution in [0.25, 0.3) is 71.3 Å². The summed E-state index contributed by atoms with van der Waals surface area (Å²) in [6.07, 6.45) is 0. The summed E-state index contributed by atoms with van der Waals surface area (Å²) in [5, 5.41) is 2.27. The topological polar surface area (TPSA) is 20.7 Å². The zero-order chi connectivity index (χ0) is 37.1. The van der Waals surface area contributed by atoms with Gasteiger partial charge in [-0.25, -0.2) is 4.85 Å². The molecule has 0 bridgehead atoms. The normalized spacial score (nSPS) is 12.7. The van der Waals surface area contributed by atoms with Gasteiger partial charge in [-0.15, -0.1) is 0 Å². The molecule has 260 valence electrons. The predicted molar refractivity (Wildman–Crippen MR) is 229 cm³/mol. The second kappa shape index (κ2) is 12.8. The van der Waals surface area contributed by atoms with Crippen LogP contribution in [0.5, 0.6) is 0 Å². The Morgan fingerprint density at radius 2 is 1.00 bits per heavy atom. The van der Waals surface area contributed by atoms with Crippen LogP contribution in [0.1, 0.15) is 25.0 Å². The highest BCUT2D eigenvalue weighted by molar-refractivity contribution is 6.09. The van der Waals surface area contributed by atoms with Crippen LogP contribution in [0.15, 0.2) is 186 Å².